The van der Waals surface area contributed by atoms with Crippen LogP contribution in [0, 0.1) is 0 Å². The van der Waals surface area contributed by atoms with Gasteiger partial charge in [-0.15, -0.1) is 0 Å². The van der Waals surface area contributed by atoms with Gasteiger partial charge in [0.15, 0.2) is 0 Å². The van der Waals surface area contributed by atoms with Crippen molar-refractivity contribution in [3.8, 4) is 0 Å². The number of para-hydroxylation sites is 1. The van der Waals surface area contributed by atoms with Gasteiger partial charge in [-0.1, -0.05) is 18.2 Å². The molecule has 1 heterocycles. The summed E-state index contributed by atoms with van der Waals surface area (Å²) in [5, 5.41) is 10.3. The van der Waals surface area contributed by atoms with Crippen LogP contribution in [0.4, 0.5) is 5.69 Å². The molecule has 0 atom stereocenters. The number of H-pyrrole nitrogens is 1. The maximum Gasteiger partial charge on any atom is 0.255 e. The van der Waals surface area contributed by atoms with E-state index in [9.17, 15) is 9.59 Å². The number of benzene rings is 2. The Hall–Kier alpha value is -3.15. The Morgan fingerprint density at radius 2 is 1.95 bits per heavy atom. The molecule has 0 bridgehead atoms. The van der Waals surface area contributed by atoms with Crippen LogP contribution in [0.15, 0.2) is 48.7 Å². The second-order valence-electron chi connectivity index (χ2n) is 4.54. The van der Waals surface area contributed by atoms with Crippen molar-refractivity contribution < 1.29 is 9.59 Å². The maximum atomic E-state index is 12.3. The van der Waals surface area contributed by atoms with Gasteiger partial charge in [-0.05, 0) is 24.3 Å². The molecule has 0 spiro atoms. The first-order valence-electron chi connectivity index (χ1n) is 6.28. The molecule has 0 saturated carbocycles. The minimum atomic E-state index is -0.588. The van der Waals surface area contributed by atoms with E-state index < -0.39 is 5.91 Å². The molecule has 0 radical (unpaired) electrons. The minimum absolute atomic E-state index is 0.272. The lowest BCUT2D eigenvalue weighted by molar-refractivity contribution is 0.100. The van der Waals surface area contributed by atoms with E-state index in [1.165, 1.54) is 0 Å². The van der Waals surface area contributed by atoms with Gasteiger partial charge in [0.05, 0.1) is 23.0 Å². The smallest absolute Gasteiger partial charge is 0.255 e. The highest BCUT2D eigenvalue weighted by molar-refractivity contribution is 6.09. The quantitative estimate of drug-likeness (QED) is 0.683. The number of carbonyl (C=O) groups is 2. The highest BCUT2D eigenvalue weighted by Crippen LogP contribution is 2.17. The van der Waals surface area contributed by atoms with Crippen LogP contribution in [-0.4, -0.2) is 22.0 Å². The van der Waals surface area contributed by atoms with Crippen molar-refractivity contribution in [2.75, 3.05) is 5.32 Å². The number of aromatic nitrogens is 2. The Morgan fingerprint density at radius 3 is 2.76 bits per heavy atom. The van der Waals surface area contributed by atoms with Crippen molar-refractivity contribution >= 4 is 28.4 Å². The van der Waals surface area contributed by atoms with Crippen LogP contribution >= 0.6 is 0 Å². The van der Waals surface area contributed by atoms with E-state index >= 15 is 0 Å². The summed E-state index contributed by atoms with van der Waals surface area (Å²) >= 11 is 0. The first-order chi connectivity index (χ1) is 10.1. The zero-order valence-electron chi connectivity index (χ0n) is 11.0. The van der Waals surface area contributed by atoms with E-state index in [0.29, 0.717) is 11.3 Å². The Morgan fingerprint density at radius 1 is 1.14 bits per heavy atom. The molecule has 21 heavy (non-hydrogen) atoms. The molecule has 0 aliphatic rings. The molecule has 2 aromatic carbocycles. The largest absolute Gasteiger partial charge is 0.366 e. The van der Waals surface area contributed by atoms with Crippen molar-refractivity contribution in [3.63, 3.8) is 0 Å². The number of aromatic amines is 1. The standard InChI is InChI=1S/C15H12N4O2/c16-14(20)11-3-1-2-4-12(11)18-15(21)9-5-6-10-8-17-19-13(10)7-9/h1-8H,(H2,16,20)(H,17,19)(H,18,21). The number of hydrogen-bond donors (Lipinski definition) is 3. The molecule has 3 rings (SSSR count). The van der Waals surface area contributed by atoms with E-state index in [2.05, 4.69) is 15.5 Å². The number of nitrogens with two attached hydrogens (primary N) is 1. The first-order valence-corrected chi connectivity index (χ1v) is 6.28. The van der Waals surface area contributed by atoms with Gasteiger partial charge in [-0.25, -0.2) is 0 Å². The number of amides is 2. The lowest BCUT2D eigenvalue weighted by atomic mass is 10.1. The molecule has 6 nitrogen and oxygen atoms in total. The lowest BCUT2D eigenvalue weighted by Crippen LogP contribution is -2.18. The average Bonchev–Trinajstić information content (AvgIpc) is 2.94. The predicted octanol–water partition coefficient (Wildman–Crippen LogP) is 1.91. The summed E-state index contributed by atoms with van der Waals surface area (Å²) in [4.78, 5) is 23.6. The predicted molar refractivity (Wildman–Crippen MR) is 79.0 cm³/mol. The molecule has 104 valence electrons. The summed E-state index contributed by atoms with van der Waals surface area (Å²) in [6, 6.07) is 11.8. The molecule has 0 aliphatic heterocycles. The zero-order chi connectivity index (χ0) is 14.8. The SMILES string of the molecule is NC(=O)c1ccccc1NC(=O)c1ccc2cn[nH]c2c1. The summed E-state index contributed by atoms with van der Waals surface area (Å²) in [6.07, 6.45) is 1.68. The number of fused-ring (bicyclic) bond motifs is 1. The van der Waals surface area contributed by atoms with Crippen molar-refractivity contribution in [2.45, 2.75) is 0 Å². The van der Waals surface area contributed by atoms with Gasteiger partial charge in [0, 0.05) is 10.9 Å². The lowest BCUT2D eigenvalue weighted by Gasteiger charge is -2.08. The summed E-state index contributed by atoms with van der Waals surface area (Å²) in [5.41, 5.74) is 7.18. The number of hydrogen-bond acceptors (Lipinski definition) is 3. The van der Waals surface area contributed by atoms with Gasteiger partial charge in [-0.2, -0.15) is 5.10 Å². The molecule has 0 saturated heterocycles. The summed E-state index contributed by atoms with van der Waals surface area (Å²) in [7, 11) is 0. The van der Waals surface area contributed by atoms with Crippen LogP contribution in [0.3, 0.4) is 0 Å². The van der Waals surface area contributed by atoms with E-state index in [1.807, 2.05) is 0 Å². The normalized spacial score (nSPS) is 10.5. The molecule has 0 unspecified atom stereocenters. The molecular weight excluding hydrogens is 268 g/mol. The van der Waals surface area contributed by atoms with Crippen molar-refractivity contribution in [1.82, 2.24) is 10.2 Å². The summed E-state index contributed by atoms with van der Waals surface area (Å²) < 4.78 is 0. The fraction of sp³-hybridized carbons (Fsp3) is 0. The average molecular weight is 280 g/mol. The van der Waals surface area contributed by atoms with Crippen LogP contribution in [0.5, 0.6) is 0 Å². The molecule has 4 N–H and O–H groups in total. The van der Waals surface area contributed by atoms with E-state index in [0.717, 1.165) is 10.9 Å². The Bertz CT molecular complexity index is 838. The number of carbonyl (C=O) groups excluding carboxylic acids is 2. The monoisotopic (exact) mass is 280 g/mol. The maximum absolute atomic E-state index is 12.3. The van der Waals surface area contributed by atoms with Crippen LogP contribution in [0.2, 0.25) is 0 Å². The second-order valence-corrected chi connectivity index (χ2v) is 4.54. The third-order valence-corrected chi connectivity index (χ3v) is 3.14. The van der Waals surface area contributed by atoms with Crippen molar-refractivity contribution in [2.24, 2.45) is 5.73 Å². The molecule has 1 aromatic heterocycles. The number of rotatable bonds is 3. The Balaban J connectivity index is 1.91. The van der Waals surface area contributed by atoms with Gasteiger partial charge >= 0.3 is 0 Å². The molecule has 2 amide bonds. The number of nitrogens with zero attached hydrogens (tertiary/aromatic N) is 1. The fourth-order valence-corrected chi connectivity index (χ4v) is 2.08. The molecule has 0 aliphatic carbocycles. The van der Waals surface area contributed by atoms with Crippen molar-refractivity contribution in [3.05, 3.63) is 59.8 Å². The second kappa shape index (κ2) is 5.09. The van der Waals surface area contributed by atoms with E-state index in [1.54, 1.807) is 48.7 Å². The number of primary amides is 1. The van der Waals surface area contributed by atoms with Gasteiger partial charge < -0.3 is 11.1 Å². The highest BCUT2D eigenvalue weighted by Gasteiger charge is 2.12. The molecular formula is C15H12N4O2. The topological polar surface area (TPSA) is 101 Å². The Kier molecular flexibility index (Phi) is 3.12. The van der Waals surface area contributed by atoms with Crippen molar-refractivity contribution in [1.29, 1.82) is 0 Å². The first kappa shape index (κ1) is 12.9. The van der Waals surface area contributed by atoms with E-state index in [4.69, 9.17) is 5.73 Å². The Labute approximate surface area is 120 Å². The van der Waals surface area contributed by atoms with Gasteiger partial charge in [-0.3, -0.25) is 14.7 Å². The van der Waals surface area contributed by atoms with Crippen LogP contribution < -0.4 is 11.1 Å². The molecule has 6 heteroatoms. The number of anilines is 1. The minimum Gasteiger partial charge on any atom is -0.366 e. The third-order valence-electron chi connectivity index (χ3n) is 3.14. The van der Waals surface area contributed by atoms with E-state index in [-0.39, 0.29) is 11.5 Å². The zero-order valence-corrected chi connectivity index (χ0v) is 11.0. The highest BCUT2D eigenvalue weighted by atomic mass is 16.2. The fourth-order valence-electron chi connectivity index (χ4n) is 2.08. The van der Waals surface area contributed by atoms with Crippen LogP contribution in [-0.2, 0) is 0 Å². The summed E-state index contributed by atoms with van der Waals surface area (Å²) in [5.74, 6) is -0.907. The van der Waals surface area contributed by atoms with Crippen LogP contribution in [0.1, 0.15) is 20.7 Å². The van der Waals surface area contributed by atoms with Crippen LogP contribution in [0.25, 0.3) is 10.9 Å². The van der Waals surface area contributed by atoms with Gasteiger partial charge in [0.2, 0.25) is 0 Å². The third kappa shape index (κ3) is 2.46. The number of nitrogens with one attached hydrogen (secondary N) is 2. The molecule has 3 aromatic rings. The summed E-state index contributed by atoms with van der Waals surface area (Å²) in [6.45, 7) is 0. The molecule has 0 fully saturated rings. The van der Waals surface area contributed by atoms with Gasteiger partial charge in [0.1, 0.15) is 0 Å². The van der Waals surface area contributed by atoms with Gasteiger partial charge in [0.25, 0.3) is 11.8 Å².